The molecule has 2 amide bonds. The number of carbonyl (C=O) groups excluding carboxylic acids is 2. The van der Waals surface area contributed by atoms with Crippen molar-refractivity contribution in [3.63, 3.8) is 0 Å². The van der Waals surface area contributed by atoms with Gasteiger partial charge < -0.3 is 9.47 Å². The van der Waals surface area contributed by atoms with Gasteiger partial charge in [-0.2, -0.15) is 0 Å². The average molecular weight is 428 g/mol. The Balaban J connectivity index is 1.76. The van der Waals surface area contributed by atoms with Crippen LogP contribution in [0.4, 0.5) is 10.5 Å². The zero-order chi connectivity index (χ0) is 21.7. The Morgan fingerprint density at radius 3 is 2.50 bits per heavy atom. The summed E-state index contributed by atoms with van der Waals surface area (Å²) in [7, 11) is 1.54. The van der Waals surface area contributed by atoms with Gasteiger partial charge in [-0.3, -0.25) is 24.6 Å². The van der Waals surface area contributed by atoms with Crippen molar-refractivity contribution in [1.29, 1.82) is 0 Å². The van der Waals surface area contributed by atoms with Crippen LogP contribution in [0.15, 0.2) is 47.4 Å². The molecule has 0 N–H and O–H groups in total. The summed E-state index contributed by atoms with van der Waals surface area (Å²) in [6.45, 7) is 2.62. The Bertz CT molecular complexity index is 1000. The van der Waals surface area contributed by atoms with Crippen molar-refractivity contribution in [2.45, 2.75) is 19.9 Å². The average Bonchev–Trinajstić information content (AvgIpc) is 3.00. The van der Waals surface area contributed by atoms with E-state index >= 15 is 0 Å². The molecule has 0 bridgehead atoms. The number of hydrogen-bond acceptors (Lipinski definition) is 7. The van der Waals surface area contributed by atoms with Crippen LogP contribution in [0.25, 0.3) is 6.08 Å². The van der Waals surface area contributed by atoms with Gasteiger partial charge >= 0.3 is 0 Å². The number of methoxy groups -OCH3 is 1. The standard InChI is InChI=1S/C21H20N2O6S/c1-3-10-29-17-9-6-15(11-18(17)28-2)12-19-20(24)22(21(25)30-19)13-14-4-7-16(8-5-14)23(26)27/h4-9,11-12H,3,10,13H2,1-2H3. The number of nitro benzene ring substituents is 1. The molecule has 1 saturated heterocycles. The minimum atomic E-state index is -0.501. The van der Waals surface area contributed by atoms with Crippen LogP contribution >= 0.6 is 11.8 Å². The summed E-state index contributed by atoms with van der Waals surface area (Å²) in [5.74, 6) is 0.749. The first kappa shape index (κ1) is 21.4. The second kappa shape index (κ2) is 9.45. The number of non-ortho nitro benzene ring substituents is 1. The second-order valence-corrected chi connectivity index (χ2v) is 7.44. The fourth-order valence-electron chi connectivity index (χ4n) is 2.80. The van der Waals surface area contributed by atoms with Crippen LogP contribution in [0.2, 0.25) is 0 Å². The van der Waals surface area contributed by atoms with Gasteiger partial charge in [0.1, 0.15) is 0 Å². The van der Waals surface area contributed by atoms with E-state index in [4.69, 9.17) is 9.47 Å². The first-order valence-corrected chi connectivity index (χ1v) is 10.0. The maximum absolute atomic E-state index is 12.7. The summed E-state index contributed by atoms with van der Waals surface area (Å²) in [6.07, 6.45) is 2.50. The van der Waals surface area contributed by atoms with Crippen LogP contribution in [0.1, 0.15) is 24.5 Å². The molecule has 9 heteroatoms. The zero-order valence-corrected chi connectivity index (χ0v) is 17.3. The lowest BCUT2D eigenvalue weighted by molar-refractivity contribution is -0.384. The highest BCUT2D eigenvalue weighted by Gasteiger charge is 2.35. The van der Waals surface area contributed by atoms with Gasteiger partial charge in [-0.15, -0.1) is 0 Å². The minimum Gasteiger partial charge on any atom is -0.493 e. The van der Waals surface area contributed by atoms with Crippen molar-refractivity contribution in [3.8, 4) is 11.5 Å². The molecule has 3 rings (SSSR count). The van der Waals surface area contributed by atoms with E-state index in [1.807, 2.05) is 6.92 Å². The van der Waals surface area contributed by atoms with Gasteiger partial charge in [-0.25, -0.2) is 0 Å². The molecule has 1 aliphatic rings. The molecule has 156 valence electrons. The van der Waals surface area contributed by atoms with Gasteiger partial charge in [-0.05, 0) is 47.5 Å². The van der Waals surface area contributed by atoms with E-state index in [0.717, 1.165) is 23.1 Å². The maximum atomic E-state index is 12.7. The molecule has 1 heterocycles. The van der Waals surface area contributed by atoms with Crippen molar-refractivity contribution < 1.29 is 24.0 Å². The number of benzene rings is 2. The quantitative estimate of drug-likeness (QED) is 0.343. The third-order valence-corrected chi connectivity index (χ3v) is 5.22. The Hall–Kier alpha value is -3.33. The summed E-state index contributed by atoms with van der Waals surface area (Å²) in [6, 6.07) is 11.1. The molecule has 0 atom stereocenters. The first-order chi connectivity index (χ1) is 14.4. The molecule has 0 spiro atoms. The van der Waals surface area contributed by atoms with Crippen molar-refractivity contribution in [3.05, 3.63) is 68.6 Å². The predicted octanol–water partition coefficient (Wildman–Crippen LogP) is 4.63. The van der Waals surface area contributed by atoms with E-state index < -0.39 is 10.8 Å². The van der Waals surface area contributed by atoms with Gasteiger partial charge in [0, 0.05) is 12.1 Å². The largest absolute Gasteiger partial charge is 0.493 e. The zero-order valence-electron chi connectivity index (χ0n) is 16.5. The van der Waals surface area contributed by atoms with Gasteiger partial charge in [0.25, 0.3) is 16.8 Å². The molecule has 1 fully saturated rings. The van der Waals surface area contributed by atoms with E-state index in [9.17, 15) is 19.7 Å². The SMILES string of the molecule is CCCOc1ccc(C=C2SC(=O)N(Cc3ccc([N+](=O)[O-])cc3)C2=O)cc1OC. The second-order valence-electron chi connectivity index (χ2n) is 6.45. The normalized spacial score (nSPS) is 15.0. The molecule has 0 radical (unpaired) electrons. The number of rotatable bonds is 8. The number of amides is 2. The molecule has 8 nitrogen and oxygen atoms in total. The summed E-state index contributed by atoms with van der Waals surface area (Å²) in [5, 5.41) is 10.4. The van der Waals surface area contributed by atoms with Gasteiger partial charge in [0.15, 0.2) is 11.5 Å². The monoisotopic (exact) mass is 428 g/mol. The highest BCUT2D eigenvalue weighted by atomic mass is 32.2. The summed E-state index contributed by atoms with van der Waals surface area (Å²) >= 11 is 0.854. The fraction of sp³-hybridized carbons (Fsp3) is 0.238. The Morgan fingerprint density at radius 1 is 1.13 bits per heavy atom. The molecule has 1 aliphatic heterocycles. The topological polar surface area (TPSA) is 99.0 Å². The summed E-state index contributed by atoms with van der Waals surface area (Å²) in [4.78, 5) is 36.7. The van der Waals surface area contributed by atoms with Crippen LogP contribution in [0.3, 0.4) is 0 Å². The van der Waals surface area contributed by atoms with Crippen molar-refractivity contribution in [2.24, 2.45) is 0 Å². The number of imide groups is 1. The Kier molecular flexibility index (Phi) is 6.73. The summed E-state index contributed by atoms with van der Waals surface area (Å²) in [5.41, 5.74) is 1.29. The smallest absolute Gasteiger partial charge is 0.293 e. The lowest BCUT2D eigenvalue weighted by atomic mass is 10.1. The number of hydrogen-bond donors (Lipinski definition) is 0. The molecule has 0 aromatic heterocycles. The molecule has 0 unspecified atom stereocenters. The van der Waals surface area contributed by atoms with Gasteiger partial charge in [0.2, 0.25) is 0 Å². The van der Waals surface area contributed by atoms with E-state index in [0.29, 0.717) is 34.1 Å². The maximum Gasteiger partial charge on any atom is 0.293 e. The third-order valence-electron chi connectivity index (χ3n) is 4.31. The number of nitro groups is 1. The number of thioether (sulfide) groups is 1. The first-order valence-electron chi connectivity index (χ1n) is 9.22. The lowest BCUT2D eigenvalue weighted by Crippen LogP contribution is -2.27. The molecular formula is C21H20N2O6S. The minimum absolute atomic E-state index is 0.0481. The van der Waals surface area contributed by atoms with Gasteiger partial charge in [-0.1, -0.05) is 25.1 Å². The number of ether oxygens (including phenoxy) is 2. The number of nitrogens with zero attached hydrogens (tertiary/aromatic N) is 2. The van der Waals surface area contributed by atoms with Crippen LogP contribution in [0, 0.1) is 10.1 Å². The van der Waals surface area contributed by atoms with Crippen LogP contribution in [0.5, 0.6) is 11.5 Å². The Labute approximate surface area is 177 Å². The molecule has 2 aromatic carbocycles. The fourth-order valence-corrected chi connectivity index (χ4v) is 3.64. The molecule has 30 heavy (non-hydrogen) atoms. The van der Waals surface area contributed by atoms with E-state index in [2.05, 4.69) is 0 Å². The van der Waals surface area contributed by atoms with E-state index in [1.165, 1.54) is 31.4 Å². The highest BCUT2D eigenvalue weighted by molar-refractivity contribution is 8.18. The Morgan fingerprint density at radius 2 is 1.87 bits per heavy atom. The van der Waals surface area contributed by atoms with Gasteiger partial charge in [0.05, 0.1) is 30.1 Å². The van der Waals surface area contributed by atoms with E-state index in [-0.39, 0.29) is 17.5 Å². The van der Waals surface area contributed by atoms with Crippen LogP contribution in [-0.4, -0.2) is 34.7 Å². The highest BCUT2D eigenvalue weighted by Crippen LogP contribution is 2.35. The van der Waals surface area contributed by atoms with Crippen molar-refractivity contribution in [1.82, 2.24) is 4.90 Å². The molecule has 0 saturated carbocycles. The van der Waals surface area contributed by atoms with E-state index in [1.54, 1.807) is 24.3 Å². The van der Waals surface area contributed by atoms with Crippen molar-refractivity contribution in [2.75, 3.05) is 13.7 Å². The summed E-state index contributed by atoms with van der Waals surface area (Å²) < 4.78 is 11.0. The molecule has 2 aromatic rings. The molecular weight excluding hydrogens is 408 g/mol. The molecule has 0 aliphatic carbocycles. The van der Waals surface area contributed by atoms with Crippen molar-refractivity contribution >= 4 is 34.7 Å². The third kappa shape index (κ3) is 4.80. The predicted molar refractivity (Wildman–Crippen MR) is 113 cm³/mol. The lowest BCUT2D eigenvalue weighted by Gasteiger charge is -2.12. The van der Waals surface area contributed by atoms with Crippen LogP contribution in [-0.2, 0) is 11.3 Å². The van der Waals surface area contributed by atoms with Crippen LogP contribution < -0.4 is 9.47 Å². The number of carbonyl (C=O) groups is 2.